The van der Waals surface area contributed by atoms with Gasteiger partial charge in [0.25, 0.3) is 0 Å². The number of fused-ring (bicyclic) bond motifs is 1. The van der Waals surface area contributed by atoms with Gasteiger partial charge in [-0.2, -0.15) is 0 Å². The minimum Gasteiger partial charge on any atom is -0.372 e. The van der Waals surface area contributed by atoms with Gasteiger partial charge in [-0.1, -0.05) is 12.1 Å². The average molecular weight is 247 g/mol. The first-order valence-corrected chi connectivity index (χ1v) is 6.02. The molecule has 0 aliphatic carbocycles. The maximum Gasteiger partial charge on any atom is 0.247 e. The Morgan fingerprint density at radius 3 is 2.67 bits per heavy atom. The van der Waals surface area contributed by atoms with Gasteiger partial charge in [0, 0.05) is 6.04 Å². The van der Waals surface area contributed by atoms with E-state index < -0.39 is 6.04 Å². The van der Waals surface area contributed by atoms with Crippen molar-refractivity contribution >= 4 is 23.2 Å². The number of amides is 2. The lowest BCUT2D eigenvalue weighted by atomic mass is 10.1. The fraction of sp³-hybridized carbons (Fsp3) is 0.385. The van der Waals surface area contributed by atoms with E-state index in [-0.39, 0.29) is 24.3 Å². The Morgan fingerprint density at radius 1 is 1.33 bits per heavy atom. The Balaban J connectivity index is 2.04. The molecule has 1 unspecified atom stereocenters. The minimum atomic E-state index is -0.515. The molecule has 1 aliphatic heterocycles. The van der Waals surface area contributed by atoms with E-state index in [0.29, 0.717) is 0 Å². The monoisotopic (exact) mass is 247 g/mol. The van der Waals surface area contributed by atoms with E-state index in [1.54, 1.807) is 0 Å². The largest absolute Gasteiger partial charge is 0.372 e. The van der Waals surface area contributed by atoms with Gasteiger partial charge in [0.2, 0.25) is 11.8 Å². The van der Waals surface area contributed by atoms with Crippen LogP contribution in [0.1, 0.15) is 20.3 Å². The summed E-state index contributed by atoms with van der Waals surface area (Å²) in [6.07, 6.45) is 0.137. The molecule has 1 atom stereocenters. The molecule has 0 fully saturated rings. The van der Waals surface area contributed by atoms with Crippen molar-refractivity contribution in [3.8, 4) is 0 Å². The Kier molecular flexibility index (Phi) is 3.50. The van der Waals surface area contributed by atoms with Crippen molar-refractivity contribution < 1.29 is 9.59 Å². The van der Waals surface area contributed by atoms with Crippen LogP contribution in [0.5, 0.6) is 0 Å². The van der Waals surface area contributed by atoms with Crippen LogP contribution in [0, 0.1) is 0 Å². The van der Waals surface area contributed by atoms with Crippen molar-refractivity contribution in [3.63, 3.8) is 0 Å². The normalized spacial score (nSPS) is 17.7. The van der Waals surface area contributed by atoms with Crippen molar-refractivity contribution in [3.05, 3.63) is 24.3 Å². The van der Waals surface area contributed by atoms with E-state index in [0.717, 1.165) is 11.4 Å². The van der Waals surface area contributed by atoms with Crippen LogP contribution in [-0.2, 0) is 9.59 Å². The quantitative estimate of drug-likeness (QED) is 0.754. The highest BCUT2D eigenvalue weighted by Gasteiger charge is 2.27. The lowest BCUT2D eigenvalue weighted by molar-refractivity contribution is -0.125. The maximum atomic E-state index is 11.8. The number of anilines is 2. The first-order chi connectivity index (χ1) is 8.56. The number of benzene rings is 1. The van der Waals surface area contributed by atoms with Gasteiger partial charge in [-0.15, -0.1) is 0 Å². The molecule has 3 N–H and O–H groups in total. The summed E-state index contributed by atoms with van der Waals surface area (Å²) in [6.45, 7) is 3.78. The molecule has 1 aliphatic rings. The smallest absolute Gasteiger partial charge is 0.247 e. The summed E-state index contributed by atoms with van der Waals surface area (Å²) in [7, 11) is 0. The Bertz CT molecular complexity index is 471. The van der Waals surface area contributed by atoms with Crippen molar-refractivity contribution in [2.24, 2.45) is 0 Å². The maximum absolute atomic E-state index is 11.8. The van der Waals surface area contributed by atoms with Crippen LogP contribution >= 0.6 is 0 Å². The van der Waals surface area contributed by atoms with Crippen LogP contribution in [0.25, 0.3) is 0 Å². The average Bonchev–Trinajstić information content (AvgIpc) is 2.29. The molecule has 0 saturated carbocycles. The Labute approximate surface area is 106 Å². The fourth-order valence-electron chi connectivity index (χ4n) is 1.90. The summed E-state index contributed by atoms with van der Waals surface area (Å²) in [6, 6.07) is 7.00. The fourth-order valence-corrected chi connectivity index (χ4v) is 1.90. The summed E-state index contributed by atoms with van der Waals surface area (Å²) in [4.78, 5) is 23.5. The molecule has 0 radical (unpaired) electrons. The molecule has 0 aromatic heterocycles. The van der Waals surface area contributed by atoms with E-state index in [2.05, 4.69) is 16.0 Å². The molecule has 18 heavy (non-hydrogen) atoms. The molecular weight excluding hydrogens is 230 g/mol. The third-order valence-corrected chi connectivity index (χ3v) is 2.67. The number of para-hydroxylation sites is 2. The number of carbonyl (C=O) groups excluding carboxylic acids is 2. The summed E-state index contributed by atoms with van der Waals surface area (Å²) in [5.41, 5.74) is 1.60. The molecule has 96 valence electrons. The van der Waals surface area contributed by atoms with Crippen LogP contribution in [-0.4, -0.2) is 23.9 Å². The summed E-state index contributed by atoms with van der Waals surface area (Å²) in [5, 5.41) is 8.64. The molecule has 2 amide bonds. The summed E-state index contributed by atoms with van der Waals surface area (Å²) >= 11 is 0. The summed E-state index contributed by atoms with van der Waals surface area (Å²) < 4.78 is 0. The SMILES string of the molecule is CC(C)NC(=O)CC1Nc2ccccc2NC1=O. The third kappa shape index (κ3) is 2.80. The molecule has 1 aromatic carbocycles. The van der Waals surface area contributed by atoms with Gasteiger partial charge in [-0.05, 0) is 26.0 Å². The van der Waals surface area contributed by atoms with E-state index in [4.69, 9.17) is 0 Å². The zero-order chi connectivity index (χ0) is 13.1. The molecule has 1 aromatic rings. The van der Waals surface area contributed by atoms with Gasteiger partial charge in [0.1, 0.15) is 6.04 Å². The van der Waals surface area contributed by atoms with Crippen LogP contribution in [0.2, 0.25) is 0 Å². The van der Waals surface area contributed by atoms with E-state index in [9.17, 15) is 9.59 Å². The standard InChI is InChI=1S/C13H17N3O2/c1-8(2)14-12(17)7-11-13(18)16-10-6-4-3-5-9(10)15-11/h3-6,8,11,15H,7H2,1-2H3,(H,14,17)(H,16,18). The Morgan fingerprint density at radius 2 is 2.00 bits per heavy atom. The van der Waals surface area contributed by atoms with Gasteiger partial charge in [0.05, 0.1) is 17.8 Å². The van der Waals surface area contributed by atoms with Gasteiger partial charge >= 0.3 is 0 Å². The van der Waals surface area contributed by atoms with Crippen molar-refractivity contribution in [1.29, 1.82) is 0 Å². The first kappa shape index (κ1) is 12.4. The molecule has 5 heteroatoms. The van der Waals surface area contributed by atoms with Crippen molar-refractivity contribution in [1.82, 2.24) is 5.32 Å². The van der Waals surface area contributed by atoms with Crippen LogP contribution in [0.3, 0.4) is 0 Å². The molecular formula is C13H17N3O2. The zero-order valence-electron chi connectivity index (χ0n) is 10.5. The zero-order valence-corrected chi connectivity index (χ0v) is 10.5. The van der Waals surface area contributed by atoms with Crippen LogP contribution < -0.4 is 16.0 Å². The second kappa shape index (κ2) is 5.08. The van der Waals surface area contributed by atoms with Crippen LogP contribution in [0.4, 0.5) is 11.4 Å². The number of rotatable bonds is 3. The third-order valence-electron chi connectivity index (χ3n) is 2.67. The highest BCUT2D eigenvalue weighted by molar-refractivity contribution is 6.04. The number of carbonyl (C=O) groups is 2. The van der Waals surface area contributed by atoms with Crippen molar-refractivity contribution in [2.75, 3.05) is 10.6 Å². The number of hydrogen-bond donors (Lipinski definition) is 3. The molecule has 0 bridgehead atoms. The lowest BCUT2D eigenvalue weighted by Gasteiger charge is -2.26. The van der Waals surface area contributed by atoms with E-state index in [1.165, 1.54) is 0 Å². The molecule has 1 heterocycles. The minimum absolute atomic E-state index is 0.0800. The first-order valence-electron chi connectivity index (χ1n) is 6.02. The van der Waals surface area contributed by atoms with Gasteiger partial charge in [-0.25, -0.2) is 0 Å². The number of hydrogen-bond acceptors (Lipinski definition) is 3. The highest BCUT2D eigenvalue weighted by atomic mass is 16.2. The Hall–Kier alpha value is -2.04. The molecule has 0 saturated heterocycles. The number of nitrogens with one attached hydrogen (secondary N) is 3. The molecule has 2 rings (SSSR count). The van der Waals surface area contributed by atoms with E-state index in [1.807, 2.05) is 38.1 Å². The second-order valence-electron chi connectivity index (χ2n) is 4.66. The molecule has 0 spiro atoms. The lowest BCUT2D eigenvalue weighted by Crippen LogP contribution is -2.43. The van der Waals surface area contributed by atoms with E-state index >= 15 is 0 Å². The van der Waals surface area contributed by atoms with Gasteiger partial charge < -0.3 is 16.0 Å². The summed E-state index contributed by atoms with van der Waals surface area (Å²) in [5.74, 6) is -0.301. The van der Waals surface area contributed by atoms with Crippen LogP contribution in [0.15, 0.2) is 24.3 Å². The highest BCUT2D eigenvalue weighted by Crippen LogP contribution is 2.26. The van der Waals surface area contributed by atoms with Gasteiger partial charge in [0.15, 0.2) is 0 Å². The predicted octanol–water partition coefficient (Wildman–Crippen LogP) is 1.33. The van der Waals surface area contributed by atoms with Crippen molar-refractivity contribution in [2.45, 2.75) is 32.4 Å². The second-order valence-corrected chi connectivity index (χ2v) is 4.66. The predicted molar refractivity (Wildman–Crippen MR) is 70.4 cm³/mol. The molecule has 5 nitrogen and oxygen atoms in total. The van der Waals surface area contributed by atoms with Gasteiger partial charge in [-0.3, -0.25) is 9.59 Å². The topological polar surface area (TPSA) is 70.2 Å².